The Morgan fingerprint density at radius 3 is 1.38 bits per heavy atom. The number of halogens is 2. The third kappa shape index (κ3) is 18.8. The molecular weight excluding hydrogens is 1060 g/mol. The van der Waals surface area contributed by atoms with E-state index in [0.29, 0.717) is 32.1 Å². The standard InChI is InChI=1S/C52H70ClFN2O22/c1-6-12-35(60)71-33-25-70-52(47(75-38(63)15-9-4)45(33)73-37(62)14-8-3)78-50(67)44(56)42(54)28-19-21-30(58)32(24-28)68-22-11-17-40(65)74-46-34(72-36(61)13-7-2)26-69-51(48(46)76-39(64)16-10-5)77-49(66)43(55)41(53)27-18-20-29(57)31(59)23-27/h18-21,23-24,33-34,41-48,51-52,57-59H,6-17,22,25-26,55-56H2,1-5H3/t33-,34-,41?,42?,43+,44+,45+,46+,47-,48-,51?,52?/m1/s1. The van der Waals surface area contributed by atoms with E-state index in [1.807, 2.05) is 0 Å². The van der Waals surface area contributed by atoms with Crippen LogP contribution in [0.1, 0.15) is 134 Å². The van der Waals surface area contributed by atoms with E-state index in [4.69, 9.17) is 75.2 Å². The van der Waals surface area contributed by atoms with Crippen LogP contribution in [-0.2, 0) is 85.7 Å². The molecule has 2 aromatic rings. The van der Waals surface area contributed by atoms with Crippen LogP contribution in [0.3, 0.4) is 0 Å². The Morgan fingerprint density at radius 2 is 0.936 bits per heavy atom. The van der Waals surface area contributed by atoms with Crippen molar-refractivity contribution in [3.8, 4) is 23.0 Å². The molecule has 2 aliphatic heterocycles. The Kier molecular flexibility index (Phi) is 26.1. The minimum atomic E-state index is -2.33. The highest BCUT2D eigenvalue weighted by atomic mass is 35.5. The van der Waals surface area contributed by atoms with Gasteiger partial charge in [-0.3, -0.25) is 38.4 Å². The van der Waals surface area contributed by atoms with E-state index in [9.17, 15) is 53.7 Å². The maximum absolute atomic E-state index is 16.2. The summed E-state index contributed by atoms with van der Waals surface area (Å²) in [6.07, 6.45) is -14.1. The molecule has 2 aromatic carbocycles. The third-order valence-corrected chi connectivity index (χ3v) is 12.2. The summed E-state index contributed by atoms with van der Waals surface area (Å²) in [6.45, 7) is 7.22. The predicted octanol–water partition coefficient (Wildman–Crippen LogP) is 4.88. The van der Waals surface area contributed by atoms with Gasteiger partial charge in [0.1, 0.15) is 12.1 Å². The largest absolute Gasteiger partial charge is 0.504 e. The Hall–Kier alpha value is -6.54. The average molecular weight is 1130 g/mol. The fourth-order valence-electron chi connectivity index (χ4n) is 7.71. The second-order valence-corrected chi connectivity index (χ2v) is 18.7. The molecule has 2 saturated heterocycles. The van der Waals surface area contributed by atoms with Crippen molar-refractivity contribution in [2.75, 3.05) is 19.8 Å². The van der Waals surface area contributed by atoms with Crippen molar-refractivity contribution in [2.24, 2.45) is 11.5 Å². The van der Waals surface area contributed by atoms with E-state index < -0.39 is 157 Å². The number of hydrogen-bond donors (Lipinski definition) is 5. The molecule has 0 radical (unpaired) electrons. The number of rotatable bonds is 29. The fourth-order valence-corrected chi connectivity index (χ4v) is 7.95. The number of aromatic hydroxyl groups is 3. The predicted molar refractivity (Wildman–Crippen MR) is 266 cm³/mol. The number of phenols is 3. The normalized spacial score (nSPS) is 22.5. The minimum Gasteiger partial charge on any atom is -0.504 e. The lowest BCUT2D eigenvalue weighted by atomic mass is 10.0. The topological polar surface area (TPSA) is 351 Å². The first-order valence-electron chi connectivity index (χ1n) is 25.7. The molecule has 7 N–H and O–H groups in total. The summed E-state index contributed by atoms with van der Waals surface area (Å²) in [4.78, 5) is 104. The van der Waals surface area contributed by atoms with Gasteiger partial charge in [-0.15, -0.1) is 11.6 Å². The molecule has 24 nitrogen and oxygen atoms in total. The monoisotopic (exact) mass is 1130 g/mol. The van der Waals surface area contributed by atoms with Crippen LogP contribution < -0.4 is 16.2 Å². The van der Waals surface area contributed by atoms with E-state index in [-0.39, 0.29) is 62.0 Å². The summed E-state index contributed by atoms with van der Waals surface area (Å²) in [5, 5.41) is 29.0. The van der Waals surface area contributed by atoms with E-state index >= 15 is 4.39 Å². The quantitative estimate of drug-likeness (QED) is 0.0238. The molecular formula is C52H70ClFN2O22. The lowest BCUT2D eigenvalue weighted by molar-refractivity contribution is -0.276. The van der Waals surface area contributed by atoms with Gasteiger partial charge in [-0.2, -0.15) is 0 Å². The van der Waals surface area contributed by atoms with Crippen molar-refractivity contribution >= 4 is 59.4 Å². The van der Waals surface area contributed by atoms with Crippen LogP contribution in [0.25, 0.3) is 0 Å². The van der Waals surface area contributed by atoms with Crippen LogP contribution in [0.2, 0.25) is 0 Å². The number of nitrogens with two attached hydrogens (primary N) is 2. The number of carbonyl (C=O) groups excluding carboxylic acids is 8. The zero-order chi connectivity index (χ0) is 57.6. The molecule has 12 atom stereocenters. The molecule has 2 heterocycles. The summed E-state index contributed by atoms with van der Waals surface area (Å²) < 4.78 is 77.8. The number of ether oxygens (including phenoxy) is 11. The number of alkyl halides is 2. The highest BCUT2D eigenvalue weighted by Crippen LogP contribution is 2.35. The van der Waals surface area contributed by atoms with E-state index in [0.717, 1.165) is 30.3 Å². The van der Waals surface area contributed by atoms with Crippen molar-refractivity contribution in [3.63, 3.8) is 0 Å². The lowest BCUT2D eigenvalue weighted by Crippen LogP contribution is -2.59. The van der Waals surface area contributed by atoms with Gasteiger partial charge >= 0.3 is 47.8 Å². The van der Waals surface area contributed by atoms with Crippen LogP contribution >= 0.6 is 11.6 Å². The maximum atomic E-state index is 16.2. The average Bonchev–Trinajstić information content (AvgIpc) is 3.41. The van der Waals surface area contributed by atoms with Gasteiger partial charge in [0.05, 0.1) is 25.2 Å². The van der Waals surface area contributed by atoms with Gasteiger partial charge in [0.15, 0.2) is 53.6 Å². The van der Waals surface area contributed by atoms with Gasteiger partial charge in [-0.1, -0.05) is 46.8 Å². The molecule has 434 valence electrons. The lowest BCUT2D eigenvalue weighted by Gasteiger charge is -2.40. The number of esters is 8. The molecule has 0 aromatic heterocycles. The van der Waals surface area contributed by atoms with Gasteiger partial charge in [0.25, 0.3) is 0 Å². The first-order chi connectivity index (χ1) is 37.2. The smallest absolute Gasteiger partial charge is 0.328 e. The van der Waals surface area contributed by atoms with Crippen LogP contribution in [0, 0.1) is 0 Å². The molecule has 2 aliphatic rings. The second-order valence-electron chi connectivity index (χ2n) is 18.2. The molecule has 0 amide bonds. The Morgan fingerprint density at radius 1 is 0.538 bits per heavy atom. The molecule has 78 heavy (non-hydrogen) atoms. The number of hydrogen-bond acceptors (Lipinski definition) is 24. The van der Waals surface area contributed by atoms with Crippen molar-refractivity contribution in [2.45, 2.75) is 185 Å². The summed E-state index contributed by atoms with van der Waals surface area (Å²) in [5.41, 5.74) is 12.0. The van der Waals surface area contributed by atoms with E-state index in [1.165, 1.54) is 6.07 Å². The summed E-state index contributed by atoms with van der Waals surface area (Å²) >= 11 is 6.44. The van der Waals surface area contributed by atoms with Crippen molar-refractivity contribution in [1.82, 2.24) is 0 Å². The van der Waals surface area contributed by atoms with E-state index in [2.05, 4.69) is 0 Å². The van der Waals surface area contributed by atoms with Crippen molar-refractivity contribution in [3.05, 3.63) is 47.5 Å². The van der Waals surface area contributed by atoms with Crippen LogP contribution in [-0.4, -0.2) is 144 Å². The summed E-state index contributed by atoms with van der Waals surface area (Å²) in [7, 11) is 0. The second kappa shape index (κ2) is 31.8. The van der Waals surface area contributed by atoms with Crippen LogP contribution in [0.15, 0.2) is 36.4 Å². The molecule has 26 heteroatoms. The zero-order valence-corrected chi connectivity index (χ0v) is 44.8. The SMILES string of the molecule is CCCC(=O)O[C@H]1[C@H](OC(=O)CCC)COC(OC(=O)[C@@H](N)C(F)c2ccc(O)c(OCCCC(=O)O[C@H]3[C@H](OC(=O)CCC)COC(OC(=O)[C@@H](N)C(Cl)c4ccc(O)c(O)c4)[C@@H]3OC(=O)CCC)c2)[C@@H]1OC(=O)CCC. The van der Waals surface area contributed by atoms with Gasteiger partial charge in [0, 0.05) is 38.5 Å². The van der Waals surface area contributed by atoms with Gasteiger partial charge in [0.2, 0.25) is 24.8 Å². The summed E-state index contributed by atoms with van der Waals surface area (Å²) in [6, 6.07) is 3.01. The Balaban J connectivity index is 1.46. The number of carbonyl (C=O) groups is 8. The maximum Gasteiger partial charge on any atom is 0.328 e. The zero-order valence-electron chi connectivity index (χ0n) is 44.0. The van der Waals surface area contributed by atoms with Gasteiger partial charge in [-0.25, -0.2) is 4.39 Å². The van der Waals surface area contributed by atoms with Crippen molar-refractivity contribution in [1.29, 1.82) is 0 Å². The minimum absolute atomic E-state index is 0.00694. The van der Waals surface area contributed by atoms with Gasteiger partial charge < -0.3 is 78.9 Å². The molecule has 0 saturated carbocycles. The highest BCUT2D eigenvalue weighted by Gasteiger charge is 2.51. The fraction of sp³-hybridized carbons (Fsp3) is 0.615. The van der Waals surface area contributed by atoms with Crippen LogP contribution in [0.5, 0.6) is 23.0 Å². The number of phenolic OH excluding ortho intramolecular Hbond substituents is 3. The third-order valence-electron chi connectivity index (χ3n) is 11.7. The molecule has 4 rings (SSSR count). The molecule has 0 spiro atoms. The first-order valence-corrected chi connectivity index (χ1v) is 26.2. The molecule has 2 fully saturated rings. The molecule has 0 aliphatic carbocycles. The van der Waals surface area contributed by atoms with Gasteiger partial charge in [-0.05, 0) is 73.9 Å². The highest BCUT2D eigenvalue weighted by molar-refractivity contribution is 6.22. The first kappa shape index (κ1) is 64.0. The number of benzene rings is 2. The Labute approximate surface area is 454 Å². The van der Waals surface area contributed by atoms with E-state index in [1.54, 1.807) is 34.6 Å². The summed E-state index contributed by atoms with van der Waals surface area (Å²) in [5.74, 6) is -9.04. The Bertz CT molecular complexity index is 2360. The molecule has 0 bridgehead atoms. The van der Waals surface area contributed by atoms with Crippen LogP contribution in [0.4, 0.5) is 4.39 Å². The van der Waals surface area contributed by atoms with Crippen molar-refractivity contribution < 1.29 is 110 Å². The molecule has 4 unspecified atom stereocenters.